The average molecular weight is 280 g/mol. The first-order valence-electron chi connectivity index (χ1n) is 7.52. The molecule has 0 saturated carbocycles. The zero-order valence-corrected chi connectivity index (χ0v) is 12.3. The van der Waals surface area contributed by atoms with Crippen molar-refractivity contribution >= 4 is 6.40 Å². The predicted molar refractivity (Wildman–Crippen MR) is 85.1 cm³/mol. The maximum atomic E-state index is 5.22. The first-order valence-corrected chi connectivity index (χ1v) is 7.52. The summed E-state index contributed by atoms with van der Waals surface area (Å²) in [7, 11) is 0. The minimum absolute atomic E-state index is 0.345. The monoisotopic (exact) mass is 280 g/mol. The fourth-order valence-corrected chi connectivity index (χ4v) is 3.00. The van der Waals surface area contributed by atoms with Gasteiger partial charge in [0.05, 0.1) is 12.3 Å². The molecule has 0 N–H and O–H groups in total. The Labute approximate surface area is 125 Å². The molecule has 3 nitrogen and oxygen atoms in total. The van der Waals surface area contributed by atoms with Crippen LogP contribution in [-0.2, 0) is 4.74 Å². The van der Waals surface area contributed by atoms with Crippen LogP contribution in [0.3, 0.4) is 0 Å². The van der Waals surface area contributed by atoms with Crippen molar-refractivity contribution in [2.24, 2.45) is 10.9 Å². The Hall–Kier alpha value is -2.16. The topological polar surface area (TPSA) is 34.5 Å². The van der Waals surface area contributed by atoms with Crippen molar-refractivity contribution in [2.75, 3.05) is 6.61 Å². The maximum Gasteiger partial charge on any atom is 0.174 e. The van der Waals surface area contributed by atoms with Crippen molar-refractivity contribution in [3.8, 4) is 0 Å². The molecule has 0 fully saturated rings. The van der Waals surface area contributed by atoms with Gasteiger partial charge in [-0.05, 0) is 49.0 Å². The third kappa shape index (κ3) is 3.13. The number of pyridine rings is 1. The van der Waals surface area contributed by atoms with Crippen LogP contribution in [0.2, 0.25) is 0 Å². The van der Waals surface area contributed by atoms with Gasteiger partial charge in [0, 0.05) is 18.3 Å². The summed E-state index contributed by atoms with van der Waals surface area (Å²) in [6.07, 6.45) is 16.5. The predicted octanol–water partition coefficient (Wildman–Crippen LogP) is 4.02. The summed E-state index contributed by atoms with van der Waals surface area (Å²) in [5, 5.41) is 0. The molecule has 1 aromatic rings. The summed E-state index contributed by atoms with van der Waals surface area (Å²) in [5.74, 6) is 0.877. The SMILES string of the molecule is CCOC=NC1=CC(c2cccnc2)C2CCC=CC2=C1. The van der Waals surface area contributed by atoms with E-state index in [-0.39, 0.29) is 0 Å². The molecule has 2 atom stereocenters. The van der Waals surface area contributed by atoms with Crippen molar-refractivity contribution in [2.45, 2.75) is 25.7 Å². The minimum Gasteiger partial charge on any atom is -0.483 e. The van der Waals surface area contributed by atoms with Gasteiger partial charge < -0.3 is 4.74 Å². The molecule has 0 aliphatic heterocycles. The Kier molecular flexibility index (Phi) is 4.29. The standard InChI is InChI=1S/C18H20N2O/c1-2-21-13-20-16-10-14-6-3-4-8-17(14)18(11-16)15-7-5-9-19-12-15/h3,5-7,9-13,17-18H,2,4,8H2,1H3. The van der Waals surface area contributed by atoms with Crippen LogP contribution in [0.4, 0.5) is 0 Å². The van der Waals surface area contributed by atoms with E-state index in [1.54, 1.807) is 0 Å². The Morgan fingerprint density at radius 2 is 2.43 bits per heavy atom. The van der Waals surface area contributed by atoms with Crippen LogP contribution in [-0.4, -0.2) is 18.0 Å². The number of nitrogens with zero attached hydrogens (tertiary/aromatic N) is 2. The number of rotatable bonds is 4. The van der Waals surface area contributed by atoms with Crippen molar-refractivity contribution in [3.05, 3.63) is 65.7 Å². The molecular weight excluding hydrogens is 260 g/mol. The van der Waals surface area contributed by atoms with Crippen molar-refractivity contribution in [1.82, 2.24) is 4.98 Å². The zero-order chi connectivity index (χ0) is 14.5. The molecule has 108 valence electrons. The van der Waals surface area contributed by atoms with Crippen LogP contribution in [0.25, 0.3) is 0 Å². The average Bonchev–Trinajstić information content (AvgIpc) is 2.55. The van der Waals surface area contributed by atoms with Crippen molar-refractivity contribution in [1.29, 1.82) is 0 Å². The quantitative estimate of drug-likeness (QED) is 0.616. The van der Waals surface area contributed by atoms with Crippen LogP contribution in [0, 0.1) is 5.92 Å². The Morgan fingerprint density at radius 3 is 3.24 bits per heavy atom. The molecule has 0 saturated heterocycles. The van der Waals surface area contributed by atoms with Crippen LogP contribution in [0.15, 0.2) is 65.1 Å². The highest BCUT2D eigenvalue weighted by atomic mass is 16.5. The highest BCUT2D eigenvalue weighted by Gasteiger charge is 2.28. The van der Waals surface area contributed by atoms with Gasteiger partial charge in [0.2, 0.25) is 0 Å². The fourth-order valence-electron chi connectivity index (χ4n) is 3.00. The third-order valence-electron chi connectivity index (χ3n) is 3.99. The van der Waals surface area contributed by atoms with E-state index in [9.17, 15) is 0 Å². The van der Waals surface area contributed by atoms with Crippen LogP contribution in [0.1, 0.15) is 31.2 Å². The summed E-state index contributed by atoms with van der Waals surface area (Å²) in [6.45, 7) is 2.60. The van der Waals surface area contributed by atoms with E-state index in [0.29, 0.717) is 18.4 Å². The molecule has 0 aromatic carbocycles. The fraction of sp³-hybridized carbons (Fsp3) is 0.333. The van der Waals surface area contributed by atoms with Gasteiger partial charge in [0.1, 0.15) is 0 Å². The van der Waals surface area contributed by atoms with Gasteiger partial charge >= 0.3 is 0 Å². The van der Waals surface area contributed by atoms with Gasteiger partial charge in [0.15, 0.2) is 6.40 Å². The van der Waals surface area contributed by atoms with E-state index < -0.39 is 0 Å². The first kappa shape index (κ1) is 13.8. The Morgan fingerprint density at radius 1 is 1.48 bits per heavy atom. The maximum absolute atomic E-state index is 5.22. The Balaban J connectivity index is 1.93. The summed E-state index contributed by atoms with van der Waals surface area (Å²) in [4.78, 5) is 8.69. The van der Waals surface area contributed by atoms with Gasteiger partial charge in [-0.3, -0.25) is 4.98 Å². The second-order valence-corrected chi connectivity index (χ2v) is 5.32. The summed E-state index contributed by atoms with van der Waals surface area (Å²) >= 11 is 0. The summed E-state index contributed by atoms with van der Waals surface area (Å²) in [6, 6.07) is 4.16. The lowest BCUT2D eigenvalue weighted by atomic mass is 9.73. The van der Waals surface area contributed by atoms with Gasteiger partial charge in [-0.15, -0.1) is 0 Å². The van der Waals surface area contributed by atoms with Crippen LogP contribution < -0.4 is 0 Å². The number of fused-ring (bicyclic) bond motifs is 1. The minimum atomic E-state index is 0.345. The van der Waals surface area contributed by atoms with Gasteiger partial charge in [0.25, 0.3) is 0 Å². The van der Waals surface area contributed by atoms with E-state index in [2.05, 4.69) is 40.3 Å². The van der Waals surface area contributed by atoms with Crippen LogP contribution >= 0.6 is 0 Å². The molecule has 3 heteroatoms. The summed E-state index contributed by atoms with van der Waals surface area (Å²) < 4.78 is 5.22. The van der Waals surface area contributed by atoms with E-state index in [0.717, 1.165) is 12.1 Å². The molecule has 2 aliphatic carbocycles. The first-order chi connectivity index (χ1) is 10.4. The normalized spacial score (nSPS) is 24.4. The van der Waals surface area contributed by atoms with E-state index >= 15 is 0 Å². The second-order valence-electron chi connectivity index (χ2n) is 5.32. The highest BCUT2D eigenvalue weighted by Crippen LogP contribution is 2.41. The highest BCUT2D eigenvalue weighted by molar-refractivity contribution is 5.53. The number of ether oxygens (including phenoxy) is 1. The number of hydrogen-bond donors (Lipinski definition) is 0. The molecule has 21 heavy (non-hydrogen) atoms. The number of allylic oxidation sites excluding steroid dienone is 5. The van der Waals surface area contributed by atoms with Crippen LogP contribution in [0.5, 0.6) is 0 Å². The third-order valence-corrected chi connectivity index (χ3v) is 3.99. The molecule has 0 amide bonds. The summed E-state index contributed by atoms with van der Waals surface area (Å²) in [5.41, 5.74) is 3.59. The number of aromatic nitrogens is 1. The molecule has 2 aliphatic rings. The largest absolute Gasteiger partial charge is 0.483 e. The molecule has 3 rings (SSSR count). The number of aliphatic imine (C=N–C) groups is 1. The van der Waals surface area contributed by atoms with E-state index in [1.165, 1.54) is 24.0 Å². The van der Waals surface area contributed by atoms with Crippen molar-refractivity contribution in [3.63, 3.8) is 0 Å². The van der Waals surface area contributed by atoms with Crippen molar-refractivity contribution < 1.29 is 4.74 Å². The zero-order valence-electron chi connectivity index (χ0n) is 12.3. The van der Waals surface area contributed by atoms with Gasteiger partial charge in [-0.1, -0.05) is 24.3 Å². The molecule has 0 spiro atoms. The molecule has 0 radical (unpaired) electrons. The molecule has 1 aromatic heterocycles. The lowest BCUT2D eigenvalue weighted by molar-refractivity contribution is 0.343. The smallest absolute Gasteiger partial charge is 0.174 e. The number of hydrogen-bond acceptors (Lipinski definition) is 3. The molecule has 1 heterocycles. The molecule has 2 unspecified atom stereocenters. The molecular formula is C18H20N2O. The second kappa shape index (κ2) is 6.53. The Bertz CT molecular complexity index is 599. The lowest BCUT2D eigenvalue weighted by Crippen LogP contribution is -2.18. The van der Waals surface area contributed by atoms with Gasteiger partial charge in [-0.25, -0.2) is 4.99 Å². The van der Waals surface area contributed by atoms with Gasteiger partial charge in [-0.2, -0.15) is 0 Å². The van der Waals surface area contributed by atoms with E-state index in [1.807, 2.05) is 25.4 Å². The lowest BCUT2D eigenvalue weighted by Gasteiger charge is -2.31. The van der Waals surface area contributed by atoms with E-state index in [4.69, 9.17) is 4.74 Å². The molecule has 0 bridgehead atoms.